The molecular weight excluding hydrogens is 230 g/mol. The molecule has 0 bridgehead atoms. The molecule has 0 aromatic carbocycles. The molecule has 1 aliphatic heterocycles. The SMILES string of the molecule is CCCOCC(=O)NC1(CCl)CCOCC1. The van der Waals surface area contributed by atoms with Gasteiger partial charge in [0.05, 0.1) is 5.54 Å². The molecule has 0 atom stereocenters. The zero-order chi connectivity index (χ0) is 11.9. The Morgan fingerprint density at radius 1 is 1.50 bits per heavy atom. The highest BCUT2D eigenvalue weighted by Gasteiger charge is 2.33. The number of amides is 1. The first-order valence-electron chi connectivity index (χ1n) is 5.75. The lowest BCUT2D eigenvalue weighted by atomic mass is 9.92. The van der Waals surface area contributed by atoms with Gasteiger partial charge in [0.25, 0.3) is 0 Å². The summed E-state index contributed by atoms with van der Waals surface area (Å²) in [6.07, 6.45) is 2.47. The number of hydrogen-bond acceptors (Lipinski definition) is 3. The molecule has 0 aromatic heterocycles. The Labute approximate surface area is 102 Å². The van der Waals surface area contributed by atoms with Crippen LogP contribution in [0, 0.1) is 0 Å². The molecule has 1 amide bonds. The molecule has 0 saturated carbocycles. The van der Waals surface area contributed by atoms with E-state index >= 15 is 0 Å². The van der Waals surface area contributed by atoms with Crippen LogP contribution in [0.4, 0.5) is 0 Å². The summed E-state index contributed by atoms with van der Waals surface area (Å²) in [5.41, 5.74) is -0.299. The fraction of sp³-hybridized carbons (Fsp3) is 0.909. The van der Waals surface area contributed by atoms with Gasteiger partial charge in [-0.15, -0.1) is 11.6 Å². The number of ether oxygens (including phenoxy) is 2. The lowest BCUT2D eigenvalue weighted by Crippen LogP contribution is -2.54. The van der Waals surface area contributed by atoms with E-state index in [0.717, 1.165) is 19.3 Å². The monoisotopic (exact) mass is 249 g/mol. The highest BCUT2D eigenvalue weighted by atomic mass is 35.5. The topological polar surface area (TPSA) is 47.6 Å². The number of nitrogens with one attached hydrogen (secondary N) is 1. The third-order valence-electron chi connectivity index (χ3n) is 2.69. The van der Waals surface area contributed by atoms with Crippen molar-refractivity contribution in [2.75, 3.05) is 32.3 Å². The Kier molecular flexibility index (Phi) is 6.09. The van der Waals surface area contributed by atoms with Crippen molar-refractivity contribution < 1.29 is 14.3 Å². The molecule has 5 heteroatoms. The van der Waals surface area contributed by atoms with Gasteiger partial charge in [0.15, 0.2) is 0 Å². The van der Waals surface area contributed by atoms with Crippen molar-refractivity contribution in [1.29, 1.82) is 0 Å². The minimum absolute atomic E-state index is 0.0870. The van der Waals surface area contributed by atoms with Crippen LogP contribution in [0.5, 0.6) is 0 Å². The molecule has 16 heavy (non-hydrogen) atoms. The van der Waals surface area contributed by atoms with Crippen molar-refractivity contribution in [3.63, 3.8) is 0 Å². The average molecular weight is 250 g/mol. The summed E-state index contributed by atoms with van der Waals surface area (Å²) in [6, 6.07) is 0. The van der Waals surface area contributed by atoms with Gasteiger partial charge >= 0.3 is 0 Å². The van der Waals surface area contributed by atoms with E-state index in [2.05, 4.69) is 5.32 Å². The molecule has 1 N–H and O–H groups in total. The van der Waals surface area contributed by atoms with Gasteiger partial charge in [-0.25, -0.2) is 0 Å². The number of hydrogen-bond donors (Lipinski definition) is 1. The molecule has 0 aromatic rings. The van der Waals surface area contributed by atoms with Crippen LogP contribution < -0.4 is 5.32 Å². The van der Waals surface area contributed by atoms with Gasteiger partial charge in [0.2, 0.25) is 5.91 Å². The van der Waals surface area contributed by atoms with Crippen LogP contribution in [0.15, 0.2) is 0 Å². The summed E-state index contributed by atoms with van der Waals surface area (Å²) < 4.78 is 10.5. The molecule has 0 radical (unpaired) electrons. The van der Waals surface area contributed by atoms with Gasteiger partial charge in [-0.1, -0.05) is 6.92 Å². The molecule has 1 rings (SSSR count). The van der Waals surface area contributed by atoms with E-state index in [1.165, 1.54) is 0 Å². The number of halogens is 1. The highest BCUT2D eigenvalue weighted by molar-refractivity contribution is 6.18. The third-order valence-corrected chi connectivity index (χ3v) is 3.20. The molecule has 1 fully saturated rings. The lowest BCUT2D eigenvalue weighted by Gasteiger charge is -2.36. The van der Waals surface area contributed by atoms with E-state index < -0.39 is 0 Å². The van der Waals surface area contributed by atoms with Gasteiger partial charge in [0.1, 0.15) is 6.61 Å². The van der Waals surface area contributed by atoms with Crippen molar-refractivity contribution in [2.45, 2.75) is 31.7 Å². The lowest BCUT2D eigenvalue weighted by molar-refractivity contribution is -0.128. The minimum Gasteiger partial charge on any atom is -0.381 e. The predicted molar refractivity (Wildman–Crippen MR) is 62.8 cm³/mol. The van der Waals surface area contributed by atoms with Crippen LogP contribution in [0.3, 0.4) is 0 Å². The second-order valence-electron chi connectivity index (χ2n) is 4.13. The molecule has 1 aliphatic rings. The molecule has 0 aliphatic carbocycles. The Balaban J connectivity index is 2.33. The zero-order valence-electron chi connectivity index (χ0n) is 9.76. The van der Waals surface area contributed by atoms with Crippen LogP contribution >= 0.6 is 11.6 Å². The maximum atomic E-state index is 11.6. The zero-order valence-corrected chi connectivity index (χ0v) is 10.5. The van der Waals surface area contributed by atoms with E-state index in [4.69, 9.17) is 21.1 Å². The van der Waals surface area contributed by atoms with Gasteiger partial charge < -0.3 is 14.8 Å². The average Bonchev–Trinajstić information content (AvgIpc) is 2.30. The third kappa shape index (κ3) is 4.28. The number of alkyl halides is 1. The summed E-state index contributed by atoms with van der Waals surface area (Å²) in [4.78, 5) is 11.6. The summed E-state index contributed by atoms with van der Waals surface area (Å²) in [5.74, 6) is 0.339. The molecular formula is C11H20ClNO3. The van der Waals surface area contributed by atoms with E-state index in [1.54, 1.807) is 0 Å². The molecule has 94 valence electrons. The first-order chi connectivity index (χ1) is 7.72. The fourth-order valence-corrected chi connectivity index (χ4v) is 2.03. The maximum Gasteiger partial charge on any atom is 0.246 e. The highest BCUT2D eigenvalue weighted by Crippen LogP contribution is 2.22. The van der Waals surface area contributed by atoms with E-state index in [0.29, 0.717) is 25.7 Å². The van der Waals surface area contributed by atoms with E-state index in [9.17, 15) is 4.79 Å². The van der Waals surface area contributed by atoms with E-state index in [-0.39, 0.29) is 18.1 Å². The van der Waals surface area contributed by atoms with E-state index in [1.807, 2.05) is 6.92 Å². The summed E-state index contributed by atoms with van der Waals surface area (Å²) in [5, 5.41) is 2.97. The summed E-state index contributed by atoms with van der Waals surface area (Å²) in [6.45, 7) is 4.06. The van der Waals surface area contributed by atoms with Crippen molar-refractivity contribution in [1.82, 2.24) is 5.32 Å². The quantitative estimate of drug-likeness (QED) is 0.571. The second kappa shape index (κ2) is 7.09. The van der Waals surface area contributed by atoms with Crippen molar-refractivity contribution in [3.8, 4) is 0 Å². The van der Waals surface area contributed by atoms with Gasteiger partial charge in [-0.3, -0.25) is 4.79 Å². The Morgan fingerprint density at radius 3 is 2.75 bits per heavy atom. The normalized spacial score (nSPS) is 19.4. The molecule has 4 nitrogen and oxygen atoms in total. The Morgan fingerprint density at radius 2 is 2.19 bits per heavy atom. The van der Waals surface area contributed by atoms with Crippen molar-refractivity contribution in [2.24, 2.45) is 0 Å². The van der Waals surface area contributed by atoms with Gasteiger partial charge in [0, 0.05) is 25.7 Å². The van der Waals surface area contributed by atoms with Crippen LogP contribution in [0.2, 0.25) is 0 Å². The van der Waals surface area contributed by atoms with Crippen LogP contribution in [0.25, 0.3) is 0 Å². The summed E-state index contributed by atoms with van der Waals surface area (Å²) in [7, 11) is 0. The largest absolute Gasteiger partial charge is 0.381 e. The predicted octanol–water partition coefficient (Wildman–Crippen LogP) is 1.32. The first kappa shape index (κ1) is 13.7. The Bertz CT molecular complexity index is 217. The molecule has 1 saturated heterocycles. The standard InChI is InChI=1S/C11H20ClNO3/c1-2-5-16-8-10(14)13-11(9-12)3-6-15-7-4-11/h2-9H2,1H3,(H,13,14). The van der Waals surface area contributed by atoms with Crippen LogP contribution in [-0.2, 0) is 14.3 Å². The summed E-state index contributed by atoms with van der Waals surface area (Å²) >= 11 is 5.93. The smallest absolute Gasteiger partial charge is 0.246 e. The molecule has 1 heterocycles. The maximum absolute atomic E-state index is 11.6. The van der Waals surface area contributed by atoms with Crippen LogP contribution in [-0.4, -0.2) is 43.8 Å². The van der Waals surface area contributed by atoms with Crippen molar-refractivity contribution >= 4 is 17.5 Å². The molecule has 0 unspecified atom stereocenters. The van der Waals surface area contributed by atoms with Gasteiger partial charge in [-0.2, -0.15) is 0 Å². The fourth-order valence-electron chi connectivity index (χ4n) is 1.70. The van der Waals surface area contributed by atoms with Gasteiger partial charge in [-0.05, 0) is 19.3 Å². The first-order valence-corrected chi connectivity index (χ1v) is 6.28. The van der Waals surface area contributed by atoms with Crippen molar-refractivity contribution in [3.05, 3.63) is 0 Å². The minimum atomic E-state index is -0.299. The second-order valence-corrected chi connectivity index (χ2v) is 4.39. The van der Waals surface area contributed by atoms with Crippen LogP contribution in [0.1, 0.15) is 26.2 Å². The Hall–Kier alpha value is -0.320. The number of rotatable bonds is 6. The number of carbonyl (C=O) groups is 1. The number of carbonyl (C=O) groups excluding carboxylic acids is 1. The molecule has 0 spiro atoms.